The van der Waals surface area contributed by atoms with Gasteiger partial charge in [-0.2, -0.15) is 13.2 Å². The minimum absolute atomic E-state index is 0.223. The van der Waals surface area contributed by atoms with Crippen LogP contribution >= 0.6 is 0 Å². The number of alkyl halides is 3. The van der Waals surface area contributed by atoms with Gasteiger partial charge in [0.1, 0.15) is 17.3 Å². The van der Waals surface area contributed by atoms with Crippen molar-refractivity contribution < 1.29 is 36.6 Å². The van der Waals surface area contributed by atoms with Gasteiger partial charge >= 0.3 is 12.1 Å². The zero-order chi connectivity index (χ0) is 27.7. The lowest BCUT2D eigenvalue weighted by atomic mass is 10.0. The molecule has 0 aliphatic heterocycles. The van der Waals surface area contributed by atoms with Gasteiger partial charge in [-0.3, -0.25) is 4.79 Å². The van der Waals surface area contributed by atoms with Gasteiger partial charge in [0.25, 0.3) is 0 Å². The van der Waals surface area contributed by atoms with Crippen LogP contribution in [0.3, 0.4) is 0 Å². The third-order valence-electron chi connectivity index (χ3n) is 6.05. The quantitative estimate of drug-likeness (QED) is 0.176. The maximum absolute atomic E-state index is 13.4. The second-order valence-electron chi connectivity index (χ2n) is 8.87. The van der Waals surface area contributed by atoms with Crippen LogP contribution in [0.2, 0.25) is 0 Å². The third-order valence-corrected chi connectivity index (χ3v) is 6.05. The first kappa shape index (κ1) is 29.0. The van der Waals surface area contributed by atoms with Crippen molar-refractivity contribution in [3.8, 4) is 22.6 Å². The molecule has 204 valence electrons. The molecule has 0 bridgehead atoms. The number of benzene rings is 3. The Bertz CT molecular complexity index is 1210. The molecule has 0 aromatic heterocycles. The summed E-state index contributed by atoms with van der Waals surface area (Å²) in [5.41, 5.74) is 2.01. The smallest absolute Gasteiger partial charge is 0.416 e. The topological polar surface area (TPSA) is 44.8 Å². The molecule has 38 heavy (non-hydrogen) atoms. The van der Waals surface area contributed by atoms with E-state index in [1.807, 2.05) is 32.0 Å². The van der Waals surface area contributed by atoms with Crippen LogP contribution < -0.4 is 9.47 Å². The summed E-state index contributed by atoms with van der Waals surface area (Å²) >= 11 is 0. The van der Waals surface area contributed by atoms with Gasteiger partial charge in [-0.05, 0) is 85.8 Å². The monoisotopic (exact) mass is 532 g/mol. The molecule has 1 atom stereocenters. The van der Waals surface area contributed by atoms with E-state index in [4.69, 9.17) is 14.2 Å². The fourth-order valence-corrected chi connectivity index (χ4v) is 4.02. The predicted octanol–water partition coefficient (Wildman–Crippen LogP) is 7.81. The second-order valence-corrected chi connectivity index (χ2v) is 8.87. The zero-order valence-corrected chi connectivity index (χ0v) is 21.7. The number of hydrogen-bond acceptors (Lipinski definition) is 4. The van der Waals surface area contributed by atoms with E-state index in [0.29, 0.717) is 43.8 Å². The molecule has 3 aromatic rings. The number of ether oxygens (including phenoxy) is 3. The normalized spacial score (nSPS) is 12.2. The van der Waals surface area contributed by atoms with Gasteiger partial charge in [-0.25, -0.2) is 4.39 Å². The van der Waals surface area contributed by atoms with Gasteiger partial charge in [0.2, 0.25) is 0 Å². The summed E-state index contributed by atoms with van der Waals surface area (Å²) < 4.78 is 70.2. The average molecular weight is 533 g/mol. The molecule has 0 aliphatic carbocycles. The number of halogens is 4. The summed E-state index contributed by atoms with van der Waals surface area (Å²) in [6, 6.07) is 14.3. The van der Waals surface area contributed by atoms with E-state index in [0.717, 1.165) is 29.7 Å². The molecule has 0 spiro atoms. The largest absolute Gasteiger partial charge is 0.493 e. The molecule has 0 fully saturated rings. The van der Waals surface area contributed by atoms with Crippen LogP contribution in [-0.2, 0) is 28.5 Å². The summed E-state index contributed by atoms with van der Waals surface area (Å²) in [4.78, 5) is 11.7. The molecule has 0 N–H and O–H groups in total. The number of esters is 1. The summed E-state index contributed by atoms with van der Waals surface area (Å²) in [5.74, 6) is 0.262. The van der Waals surface area contributed by atoms with Crippen molar-refractivity contribution in [2.24, 2.45) is 0 Å². The minimum atomic E-state index is -4.52. The highest BCUT2D eigenvalue weighted by Crippen LogP contribution is 2.38. The van der Waals surface area contributed by atoms with Crippen molar-refractivity contribution in [1.82, 2.24) is 0 Å². The molecule has 4 nitrogen and oxygen atoms in total. The first-order chi connectivity index (χ1) is 18.1. The molecule has 3 aromatic carbocycles. The predicted molar refractivity (Wildman–Crippen MR) is 138 cm³/mol. The van der Waals surface area contributed by atoms with Gasteiger partial charge in [-0.15, -0.1) is 0 Å². The Labute approximate surface area is 220 Å². The van der Waals surface area contributed by atoms with E-state index in [1.165, 1.54) is 30.3 Å². The fraction of sp³-hybridized carbons (Fsp3) is 0.367. The van der Waals surface area contributed by atoms with Crippen molar-refractivity contribution in [3.63, 3.8) is 0 Å². The summed E-state index contributed by atoms with van der Waals surface area (Å²) in [5, 5.41) is 0. The molecular weight excluding hydrogens is 500 g/mol. The highest BCUT2D eigenvalue weighted by Gasteiger charge is 2.31. The highest BCUT2D eigenvalue weighted by molar-refractivity contribution is 5.71. The Kier molecular flexibility index (Phi) is 10.2. The van der Waals surface area contributed by atoms with E-state index in [-0.39, 0.29) is 23.4 Å². The zero-order valence-electron chi connectivity index (χ0n) is 21.7. The fourth-order valence-electron chi connectivity index (χ4n) is 4.02. The third kappa shape index (κ3) is 8.23. The van der Waals surface area contributed by atoms with Gasteiger partial charge in [-0.1, -0.05) is 25.1 Å². The van der Waals surface area contributed by atoms with Crippen LogP contribution in [0.4, 0.5) is 17.6 Å². The first-order valence-electron chi connectivity index (χ1n) is 12.6. The van der Waals surface area contributed by atoms with E-state index < -0.39 is 17.6 Å². The van der Waals surface area contributed by atoms with Gasteiger partial charge in [0, 0.05) is 18.4 Å². The molecule has 0 amide bonds. The van der Waals surface area contributed by atoms with E-state index in [9.17, 15) is 22.4 Å². The average Bonchev–Trinajstić information content (AvgIpc) is 2.88. The van der Waals surface area contributed by atoms with Crippen LogP contribution in [0, 0.1) is 5.82 Å². The number of carbonyl (C=O) groups excluding carboxylic acids is 1. The van der Waals surface area contributed by atoms with Gasteiger partial charge < -0.3 is 14.2 Å². The number of hydrogen-bond donors (Lipinski definition) is 0. The van der Waals surface area contributed by atoms with Crippen molar-refractivity contribution in [3.05, 3.63) is 83.2 Å². The molecule has 0 aliphatic rings. The minimum Gasteiger partial charge on any atom is -0.493 e. The maximum Gasteiger partial charge on any atom is 0.416 e. The molecule has 3 rings (SSSR count). The van der Waals surface area contributed by atoms with Crippen molar-refractivity contribution in [1.29, 1.82) is 0 Å². The van der Waals surface area contributed by atoms with Gasteiger partial charge in [0.05, 0.1) is 24.9 Å². The second kappa shape index (κ2) is 13.3. The number of carbonyl (C=O) groups is 1. The van der Waals surface area contributed by atoms with Gasteiger partial charge in [0.15, 0.2) is 0 Å². The summed E-state index contributed by atoms with van der Waals surface area (Å²) in [7, 11) is 0. The van der Waals surface area contributed by atoms with Crippen molar-refractivity contribution >= 4 is 5.97 Å². The summed E-state index contributed by atoms with van der Waals surface area (Å²) in [6.07, 6.45) is -2.69. The SMILES string of the molecule is CCOC(=O)CCc1ccc(OCC[C@H](C)Oc2ccc(C(F)(F)F)cc2-c2ccc(F)cc2)cc1CC. The van der Waals surface area contributed by atoms with E-state index in [2.05, 4.69) is 0 Å². The first-order valence-corrected chi connectivity index (χ1v) is 12.6. The Morgan fingerprint density at radius 2 is 1.68 bits per heavy atom. The Hall–Kier alpha value is -3.55. The number of rotatable bonds is 12. The maximum atomic E-state index is 13.4. The lowest BCUT2D eigenvalue weighted by Crippen LogP contribution is -2.16. The molecule has 0 saturated carbocycles. The molecule has 0 radical (unpaired) electrons. The molecule has 0 heterocycles. The number of aryl methyl sites for hydroxylation is 2. The van der Waals surface area contributed by atoms with Crippen LogP contribution in [0.25, 0.3) is 11.1 Å². The van der Waals surface area contributed by atoms with Crippen LogP contribution in [0.5, 0.6) is 11.5 Å². The highest BCUT2D eigenvalue weighted by atomic mass is 19.4. The standard InChI is InChI=1S/C30H32F4O4/c1-4-21-18-26(13-8-22(21)9-15-29(35)36-5-2)37-17-16-20(3)38-28-14-10-24(30(32,33)34)19-27(28)23-6-11-25(31)12-7-23/h6-8,10-14,18-20H,4-5,9,15-17H2,1-3H3/t20-/m0/s1. The van der Waals surface area contributed by atoms with Crippen LogP contribution in [0.1, 0.15) is 50.3 Å². The lowest BCUT2D eigenvalue weighted by Gasteiger charge is -2.19. The summed E-state index contributed by atoms with van der Waals surface area (Å²) in [6.45, 7) is 6.32. The Morgan fingerprint density at radius 1 is 0.947 bits per heavy atom. The van der Waals surface area contributed by atoms with E-state index >= 15 is 0 Å². The molecule has 0 unspecified atom stereocenters. The van der Waals surface area contributed by atoms with Crippen molar-refractivity contribution in [2.45, 2.75) is 58.7 Å². The molecule has 8 heteroatoms. The van der Waals surface area contributed by atoms with Crippen LogP contribution in [0.15, 0.2) is 60.7 Å². The molecular formula is C30H32F4O4. The Morgan fingerprint density at radius 3 is 2.34 bits per heavy atom. The van der Waals surface area contributed by atoms with Crippen LogP contribution in [-0.4, -0.2) is 25.3 Å². The molecule has 0 saturated heterocycles. The van der Waals surface area contributed by atoms with Crippen molar-refractivity contribution in [2.75, 3.05) is 13.2 Å². The Balaban J connectivity index is 1.63. The van der Waals surface area contributed by atoms with E-state index in [1.54, 1.807) is 6.92 Å². The lowest BCUT2D eigenvalue weighted by molar-refractivity contribution is -0.143.